The van der Waals surface area contributed by atoms with Crippen LogP contribution < -0.4 is 5.73 Å². The van der Waals surface area contributed by atoms with Gasteiger partial charge >= 0.3 is 0 Å². The number of carbonyl (C=O) groups excluding carboxylic acids is 1. The molecule has 1 rings (SSSR count). The molecule has 3 atom stereocenters. The summed E-state index contributed by atoms with van der Waals surface area (Å²) in [5, 5.41) is 0. The third kappa shape index (κ3) is 2.97. The van der Waals surface area contributed by atoms with Crippen LogP contribution in [0.1, 0.15) is 47.0 Å². The van der Waals surface area contributed by atoms with Gasteiger partial charge in [-0.2, -0.15) is 0 Å². The Hall–Kier alpha value is -0.570. The van der Waals surface area contributed by atoms with Crippen molar-refractivity contribution in [3.63, 3.8) is 0 Å². The van der Waals surface area contributed by atoms with Gasteiger partial charge in [-0.15, -0.1) is 0 Å². The predicted molar refractivity (Wildman–Crippen MR) is 67.0 cm³/mol. The van der Waals surface area contributed by atoms with Crippen molar-refractivity contribution in [3.8, 4) is 0 Å². The third-order valence-electron chi connectivity index (χ3n) is 3.88. The van der Waals surface area contributed by atoms with Crippen LogP contribution in [0.5, 0.6) is 0 Å². The van der Waals surface area contributed by atoms with Gasteiger partial charge in [0.25, 0.3) is 0 Å². The molecule has 0 aromatic rings. The first-order chi connectivity index (χ1) is 7.38. The Morgan fingerprint density at radius 1 is 1.44 bits per heavy atom. The minimum absolute atomic E-state index is 0.133. The first kappa shape index (κ1) is 13.5. The second-order valence-corrected chi connectivity index (χ2v) is 5.66. The van der Waals surface area contributed by atoms with E-state index in [-0.39, 0.29) is 5.91 Å². The van der Waals surface area contributed by atoms with Gasteiger partial charge in [-0.05, 0) is 31.6 Å². The molecule has 1 saturated heterocycles. The van der Waals surface area contributed by atoms with Crippen molar-refractivity contribution in [3.05, 3.63) is 0 Å². The average molecular weight is 226 g/mol. The number of likely N-dealkylation sites (tertiary alicyclic amines) is 1. The van der Waals surface area contributed by atoms with E-state index in [0.717, 1.165) is 38.3 Å². The highest BCUT2D eigenvalue weighted by molar-refractivity contribution is 5.85. The van der Waals surface area contributed by atoms with Gasteiger partial charge in [-0.25, -0.2) is 0 Å². The lowest BCUT2D eigenvalue weighted by Crippen LogP contribution is -2.56. The summed E-state index contributed by atoms with van der Waals surface area (Å²) in [6, 6.07) is 0. The summed E-state index contributed by atoms with van der Waals surface area (Å²) < 4.78 is 0. The van der Waals surface area contributed by atoms with Crippen LogP contribution in [0, 0.1) is 11.8 Å². The molecule has 1 amide bonds. The Morgan fingerprint density at radius 2 is 2.06 bits per heavy atom. The van der Waals surface area contributed by atoms with Gasteiger partial charge in [-0.3, -0.25) is 4.79 Å². The van der Waals surface area contributed by atoms with Crippen LogP contribution in [0.25, 0.3) is 0 Å². The molecular formula is C13H26N2O. The Morgan fingerprint density at radius 3 is 2.56 bits per heavy atom. The molecule has 0 aromatic heterocycles. The number of hydrogen-bond donors (Lipinski definition) is 1. The van der Waals surface area contributed by atoms with Crippen molar-refractivity contribution in [1.82, 2.24) is 4.90 Å². The third-order valence-corrected chi connectivity index (χ3v) is 3.88. The molecule has 0 bridgehead atoms. The molecule has 1 heterocycles. The summed E-state index contributed by atoms with van der Waals surface area (Å²) >= 11 is 0. The first-order valence-electron chi connectivity index (χ1n) is 6.46. The van der Waals surface area contributed by atoms with E-state index in [4.69, 9.17) is 5.73 Å². The van der Waals surface area contributed by atoms with Crippen LogP contribution in [-0.4, -0.2) is 29.4 Å². The molecule has 16 heavy (non-hydrogen) atoms. The van der Waals surface area contributed by atoms with Crippen LogP contribution in [0.2, 0.25) is 0 Å². The van der Waals surface area contributed by atoms with Gasteiger partial charge < -0.3 is 10.6 Å². The lowest BCUT2D eigenvalue weighted by atomic mass is 9.87. The highest BCUT2D eigenvalue weighted by atomic mass is 16.2. The maximum absolute atomic E-state index is 12.3. The number of nitrogens with zero attached hydrogens (tertiary/aromatic N) is 1. The van der Waals surface area contributed by atoms with Crippen molar-refractivity contribution < 1.29 is 4.79 Å². The second kappa shape index (κ2) is 5.17. The van der Waals surface area contributed by atoms with Gasteiger partial charge in [0, 0.05) is 13.1 Å². The summed E-state index contributed by atoms with van der Waals surface area (Å²) in [5.74, 6) is 1.45. The van der Waals surface area contributed by atoms with E-state index in [0.29, 0.717) is 5.92 Å². The molecule has 0 spiro atoms. The minimum atomic E-state index is -0.672. The molecule has 0 saturated carbocycles. The van der Waals surface area contributed by atoms with Crippen LogP contribution >= 0.6 is 0 Å². The topological polar surface area (TPSA) is 46.3 Å². The zero-order valence-electron chi connectivity index (χ0n) is 11.1. The van der Waals surface area contributed by atoms with Crippen molar-refractivity contribution in [2.24, 2.45) is 17.6 Å². The van der Waals surface area contributed by atoms with Crippen molar-refractivity contribution in [1.29, 1.82) is 0 Å². The van der Waals surface area contributed by atoms with Gasteiger partial charge in [0.2, 0.25) is 5.91 Å². The van der Waals surface area contributed by atoms with Crippen LogP contribution in [0.4, 0.5) is 0 Å². The lowest BCUT2D eigenvalue weighted by Gasteiger charge is -2.39. The largest absolute Gasteiger partial charge is 0.341 e. The molecule has 94 valence electrons. The van der Waals surface area contributed by atoms with Gasteiger partial charge in [-0.1, -0.05) is 27.2 Å². The smallest absolute Gasteiger partial charge is 0.242 e. The van der Waals surface area contributed by atoms with Gasteiger partial charge in [0.05, 0.1) is 5.54 Å². The maximum Gasteiger partial charge on any atom is 0.242 e. The minimum Gasteiger partial charge on any atom is -0.341 e. The maximum atomic E-state index is 12.3. The van der Waals surface area contributed by atoms with E-state index >= 15 is 0 Å². The molecule has 3 heteroatoms. The summed E-state index contributed by atoms with van der Waals surface area (Å²) in [6.45, 7) is 10.2. The zero-order chi connectivity index (χ0) is 12.3. The van der Waals surface area contributed by atoms with E-state index in [2.05, 4.69) is 20.8 Å². The number of hydrogen-bond acceptors (Lipinski definition) is 2. The molecule has 2 N–H and O–H groups in total. The Kier molecular flexibility index (Phi) is 4.36. The fraction of sp³-hybridized carbons (Fsp3) is 0.923. The summed E-state index contributed by atoms with van der Waals surface area (Å²) in [7, 11) is 0. The molecule has 1 fully saturated rings. The molecule has 3 nitrogen and oxygen atoms in total. The highest BCUT2D eigenvalue weighted by Crippen LogP contribution is 2.24. The molecular weight excluding hydrogens is 200 g/mol. The van der Waals surface area contributed by atoms with Gasteiger partial charge in [0.15, 0.2) is 0 Å². The molecule has 0 aliphatic carbocycles. The summed E-state index contributed by atoms with van der Waals surface area (Å²) in [5.41, 5.74) is 5.42. The fourth-order valence-corrected chi connectivity index (χ4v) is 2.43. The van der Waals surface area contributed by atoms with Crippen molar-refractivity contribution in [2.45, 2.75) is 52.5 Å². The van der Waals surface area contributed by atoms with Crippen LogP contribution in [0.3, 0.4) is 0 Å². The number of amides is 1. The van der Waals surface area contributed by atoms with E-state index in [1.807, 2.05) is 11.8 Å². The monoisotopic (exact) mass is 226 g/mol. The summed E-state index contributed by atoms with van der Waals surface area (Å²) in [4.78, 5) is 14.2. The van der Waals surface area contributed by atoms with E-state index < -0.39 is 5.54 Å². The second-order valence-electron chi connectivity index (χ2n) is 5.66. The van der Waals surface area contributed by atoms with Crippen molar-refractivity contribution in [2.75, 3.05) is 13.1 Å². The Bertz CT molecular complexity index is 250. The Balaban J connectivity index is 2.61. The standard InChI is InChI=1S/C13H26N2O/c1-5-7-13(4,14)12(16)15-8-6-10(2)11(3)9-15/h10-11H,5-9,14H2,1-4H3. The zero-order valence-corrected chi connectivity index (χ0v) is 11.1. The average Bonchev–Trinajstić information content (AvgIpc) is 2.21. The molecule has 0 radical (unpaired) electrons. The van der Waals surface area contributed by atoms with Crippen molar-refractivity contribution >= 4 is 5.91 Å². The normalized spacial score (nSPS) is 29.9. The van der Waals surface area contributed by atoms with E-state index in [1.165, 1.54) is 0 Å². The quantitative estimate of drug-likeness (QED) is 0.800. The van der Waals surface area contributed by atoms with Crippen LogP contribution in [-0.2, 0) is 4.79 Å². The molecule has 1 aliphatic heterocycles. The molecule has 3 unspecified atom stereocenters. The number of rotatable bonds is 3. The first-order valence-corrected chi connectivity index (χ1v) is 6.46. The van der Waals surface area contributed by atoms with E-state index in [1.54, 1.807) is 0 Å². The van der Waals surface area contributed by atoms with Gasteiger partial charge in [0.1, 0.15) is 0 Å². The highest BCUT2D eigenvalue weighted by Gasteiger charge is 2.34. The molecule has 1 aliphatic rings. The number of piperidine rings is 1. The Labute approximate surface area is 99.4 Å². The lowest BCUT2D eigenvalue weighted by molar-refractivity contribution is -0.139. The number of nitrogens with two attached hydrogens (primary N) is 1. The fourth-order valence-electron chi connectivity index (χ4n) is 2.43. The van der Waals surface area contributed by atoms with E-state index in [9.17, 15) is 4.79 Å². The number of carbonyl (C=O) groups is 1. The van der Waals surface area contributed by atoms with Crippen LogP contribution in [0.15, 0.2) is 0 Å². The molecule has 0 aromatic carbocycles. The summed E-state index contributed by atoms with van der Waals surface area (Å²) in [6.07, 6.45) is 2.83. The predicted octanol–water partition coefficient (Wildman–Crippen LogP) is 2.01. The SMILES string of the molecule is CCCC(C)(N)C(=O)N1CCC(C)C(C)C1.